The summed E-state index contributed by atoms with van der Waals surface area (Å²) >= 11 is 0. The Morgan fingerprint density at radius 2 is 2.14 bits per heavy atom. The van der Waals surface area contributed by atoms with Crippen molar-refractivity contribution in [2.24, 2.45) is 0 Å². The fourth-order valence-corrected chi connectivity index (χ4v) is 4.01. The summed E-state index contributed by atoms with van der Waals surface area (Å²) < 4.78 is 5.32. The highest BCUT2D eigenvalue weighted by atomic mass is 16.6. The number of nitro benzene ring substituents is 1. The number of fused-ring (bicyclic) bond motifs is 1. The molecule has 28 heavy (non-hydrogen) atoms. The molecule has 4 rings (SSSR count). The summed E-state index contributed by atoms with van der Waals surface area (Å²) in [6.07, 6.45) is 2.93. The normalized spacial score (nSPS) is 19.2. The molecule has 9 heteroatoms. The maximum atomic E-state index is 13.4. The van der Waals surface area contributed by atoms with Crippen molar-refractivity contribution in [2.75, 3.05) is 18.0 Å². The van der Waals surface area contributed by atoms with Crippen LogP contribution in [0.1, 0.15) is 62.3 Å². The van der Waals surface area contributed by atoms with Crippen LogP contribution in [0.3, 0.4) is 0 Å². The number of nitrogens with zero attached hydrogens (tertiary/aromatic N) is 5. The first-order chi connectivity index (χ1) is 13.5. The lowest BCUT2D eigenvalue weighted by Crippen LogP contribution is -2.45. The van der Waals surface area contributed by atoms with Crippen molar-refractivity contribution in [1.82, 2.24) is 15.0 Å². The van der Waals surface area contributed by atoms with Crippen molar-refractivity contribution in [3.63, 3.8) is 0 Å². The number of amides is 2. The molecule has 0 bridgehead atoms. The van der Waals surface area contributed by atoms with Gasteiger partial charge in [-0.05, 0) is 31.7 Å². The van der Waals surface area contributed by atoms with Crippen LogP contribution in [-0.2, 0) is 6.42 Å². The highest BCUT2D eigenvalue weighted by molar-refractivity contribution is 5.94. The lowest BCUT2D eigenvalue weighted by molar-refractivity contribution is -0.385. The molecule has 0 spiro atoms. The zero-order valence-electron chi connectivity index (χ0n) is 16.0. The number of urea groups is 1. The van der Waals surface area contributed by atoms with Crippen molar-refractivity contribution < 1.29 is 14.2 Å². The molecule has 0 N–H and O–H groups in total. The Bertz CT molecular complexity index is 909. The Labute approximate surface area is 162 Å². The van der Waals surface area contributed by atoms with E-state index in [9.17, 15) is 14.9 Å². The fraction of sp³-hybridized carbons (Fsp3) is 0.526. The number of likely N-dealkylation sites (tertiary alicyclic amines) is 1. The number of benzene rings is 1. The van der Waals surface area contributed by atoms with Gasteiger partial charge in [-0.3, -0.25) is 15.0 Å². The molecule has 1 atom stereocenters. The van der Waals surface area contributed by atoms with E-state index in [4.69, 9.17) is 4.52 Å². The standard InChI is InChI=1S/C19H23N5O4/c1-12(2)18-20-17(21-28-18)16-9-5-11-23(16)19(25)22-10-4-6-13-14(22)7-3-8-15(13)24(26)27/h3,7-8,12,16H,4-6,9-11H2,1-2H3. The molecular weight excluding hydrogens is 362 g/mol. The lowest BCUT2D eigenvalue weighted by Gasteiger charge is -2.34. The number of carbonyl (C=O) groups is 1. The van der Waals surface area contributed by atoms with Gasteiger partial charge in [-0.2, -0.15) is 4.98 Å². The molecule has 2 aliphatic rings. The summed E-state index contributed by atoms with van der Waals surface area (Å²) in [4.78, 5) is 32.3. The topological polar surface area (TPSA) is 106 Å². The summed E-state index contributed by atoms with van der Waals surface area (Å²) in [6, 6.07) is 4.54. The van der Waals surface area contributed by atoms with E-state index in [1.807, 2.05) is 13.8 Å². The third kappa shape index (κ3) is 3.10. The molecule has 0 radical (unpaired) electrons. The summed E-state index contributed by atoms with van der Waals surface area (Å²) in [5.41, 5.74) is 1.34. The van der Waals surface area contributed by atoms with E-state index in [2.05, 4.69) is 10.1 Å². The fourth-order valence-electron chi connectivity index (χ4n) is 4.01. The summed E-state index contributed by atoms with van der Waals surface area (Å²) in [6.45, 7) is 5.11. The SMILES string of the molecule is CC(C)c1nc(C2CCCN2C(=O)N2CCCc3c2cccc3[N+](=O)[O-])no1. The Kier molecular flexibility index (Phi) is 4.74. The second-order valence-electron chi connectivity index (χ2n) is 7.57. The molecule has 2 amide bonds. The number of hydrogen-bond donors (Lipinski definition) is 0. The molecule has 2 aromatic rings. The first-order valence-corrected chi connectivity index (χ1v) is 9.65. The van der Waals surface area contributed by atoms with E-state index < -0.39 is 0 Å². The van der Waals surface area contributed by atoms with Crippen LogP contribution >= 0.6 is 0 Å². The van der Waals surface area contributed by atoms with Gasteiger partial charge in [0.25, 0.3) is 5.69 Å². The van der Waals surface area contributed by atoms with Crippen molar-refractivity contribution in [3.8, 4) is 0 Å². The Morgan fingerprint density at radius 1 is 1.32 bits per heavy atom. The van der Waals surface area contributed by atoms with E-state index in [1.165, 1.54) is 6.07 Å². The van der Waals surface area contributed by atoms with Crippen LogP contribution in [0.5, 0.6) is 0 Å². The third-order valence-corrected chi connectivity index (χ3v) is 5.40. The smallest absolute Gasteiger partial charge is 0.325 e. The first-order valence-electron chi connectivity index (χ1n) is 9.65. The number of anilines is 1. The minimum Gasteiger partial charge on any atom is -0.339 e. The Hall–Kier alpha value is -2.97. The van der Waals surface area contributed by atoms with Crippen molar-refractivity contribution in [1.29, 1.82) is 0 Å². The van der Waals surface area contributed by atoms with Gasteiger partial charge in [0.05, 0.1) is 22.2 Å². The van der Waals surface area contributed by atoms with E-state index in [-0.39, 0.29) is 28.6 Å². The molecule has 3 heterocycles. The molecule has 1 fully saturated rings. The minimum absolute atomic E-state index is 0.0766. The van der Waals surface area contributed by atoms with E-state index in [0.717, 1.165) is 12.8 Å². The van der Waals surface area contributed by atoms with Crippen LogP contribution in [0.25, 0.3) is 0 Å². The van der Waals surface area contributed by atoms with Gasteiger partial charge in [0.2, 0.25) is 5.89 Å². The largest absolute Gasteiger partial charge is 0.339 e. The predicted molar refractivity (Wildman–Crippen MR) is 101 cm³/mol. The van der Waals surface area contributed by atoms with Crippen LogP contribution in [0.15, 0.2) is 22.7 Å². The molecule has 1 saturated heterocycles. The van der Waals surface area contributed by atoms with E-state index >= 15 is 0 Å². The highest BCUT2D eigenvalue weighted by Gasteiger charge is 2.38. The minimum atomic E-state index is -0.377. The molecule has 0 aliphatic carbocycles. The molecule has 2 aliphatic heterocycles. The first kappa shape index (κ1) is 18.4. The van der Waals surface area contributed by atoms with Gasteiger partial charge in [-0.15, -0.1) is 0 Å². The van der Waals surface area contributed by atoms with Crippen LogP contribution in [0.4, 0.5) is 16.2 Å². The van der Waals surface area contributed by atoms with Crippen LogP contribution < -0.4 is 4.90 Å². The van der Waals surface area contributed by atoms with Crippen LogP contribution in [-0.4, -0.2) is 39.1 Å². The molecule has 9 nitrogen and oxygen atoms in total. The van der Waals surface area contributed by atoms with Gasteiger partial charge in [-0.1, -0.05) is 25.1 Å². The average Bonchev–Trinajstić information content (AvgIpc) is 3.35. The maximum Gasteiger partial charge on any atom is 0.325 e. The average molecular weight is 385 g/mol. The monoisotopic (exact) mass is 385 g/mol. The number of hydrogen-bond acceptors (Lipinski definition) is 6. The zero-order chi connectivity index (χ0) is 19.8. The molecule has 1 aromatic carbocycles. The van der Waals surface area contributed by atoms with Crippen molar-refractivity contribution in [3.05, 3.63) is 45.6 Å². The van der Waals surface area contributed by atoms with Crippen LogP contribution in [0, 0.1) is 10.1 Å². The van der Waals surface area contributed by atoms with Gasteiger partial charge in [0.1, 0.15) is 0 Å². The van der Waals surface area contributed by atoms with Gasteiger partial charge < -0.3 is 9.42 Å². The molecule has 148 valence electrons. The van der Waals surface area contributed by atoms with Gasteiger partial charge >= 0.3 is 6.03 Å². The van der Waals surface area contributed by atoms with Crippen LogP contribution in [0.2, 0.25) is 0 Å². The van der Waals surface area contributed by atoms with Gasteiger partial charge in [0, 0.05) is 25.1 Å². The van der Waals surface area contributed by atoms with E-state index in [1.54, 1.807) is 21.9 Å². The van der Waals surface area contributed by atoms with Crippen molar-refractivity contribution >= 4 is 17.4 Å². The molecule has 1 aromatic heterocycles. The number of rotatable bonds is 3. The van der Waals surface area contributed by atoms with E-state index in [0.29, 0.717) is 48.9 Å². The summed E-state index contributed by atoms with van der Waals surface area (Å²) in [7, 11) is 0. The van der Waals surface area contributed by atoms with Gasteiger partial charge in [-0.25, -0.2) is 4.79 Å². The summed E-state index contributed by atoms with van der Waals surface area (Å²) in [5.74, 6) is 1.22. The third-order valence-electron chi connectivity index (χ3n) is 5.40. The second kappa shape index (κ2) is 7.21. The number of carbonyl (C=O) groups excluding carboxylic acids is 1. The molecular formula is C19H23N5O4. The maximum absolute atomic E-state index is 13.4. The molecule has 0 saturated carbocycles. The second-order valence-corrected chi connectivity index (χ2v) is 7.57. The number of aromatic nitrogens is 2. The Morgan fingerprint density at radius 3 is 2.86 bits per heavy atom. The summed E-state index contributed by atoms with van der Waals surface area (Å²) in [5, 5.41) is 15.5. The van der Waals surface area contributed by atoms with Gasteiger partial charge in [0.15, 0.2) is 5.82 Å². The lowest BCUT2D eigenvalue weighted by atomic mass is 10.00. The quantitative estimate of drug-likeness (QED) is 0.587. The zero-order valence-corrected chi connectivity index (χ0v) is 16.0. The number of nitro groups is 1. The molecule has 1 unspecified atom stereocenters. The Balaban J connectivity index is 1.63. The highest BCUT2D eigenvalue weighted by Crippen LogP contribution is 2.37. The van der Waals surface area contributed by atoms with Crippen molar-refractivity contribution in [2.45, 2.75) is 51.5 Å². The predicted octanol–water partition coefficient (Wildman–Crippen LogP) is 3.81.